The van der Waals surface area contributed by atoms with Gasteiger partial charge in [-0.1, -0.05) is 109 Å². The number of carbonyl (C=O) groups excluding carboxylic acids is 2. The molecule has 0 aliphatic heterocycles. The number of carbonyl (C=O) groups is 2. The Hall–Kier alpha value is -5.70. The fraction of sp³-hybridized carbons (Fsp3) is 0.105. The van der Waals surface area contributed by atoms with Crippen LogP contribution in [0.1, 0.15) is 43.9 Å². The number of phenols is 2. The Morgan fingerprint density at radius 1 is 0.522 bits per heavy atom. The van der Waals surface area contributed by atoms with Crippen LogP contribution in [0.25, 0.3) is 32.7 Å². The van der Waals surface area contributed by atoms with Gasteiger partial charge < -0.3 is 31.1 Å². The minimum atomic E-state index is -0.728. The Balaban J connectivity index is 1.51. The number of fused-ring (bicyclic) bond motifs is 2. The standard InChI is InChI=1S/C38H32N2O6/c41-21-31(23-11-3-1-4-12-23)39-37(45)29-19-25-15-7-9-17-27(25)33(35(29)43)34-28-18-10-8-16-26(28)20-30(36(34)44)38(46)40-32(22-42)24-13-5-2-6-14-24/h1-20,31-32,41-44H,21-22H2,(H,39,45)(H,40,46). The van der Waals surface area contributed by atoms with Crippen molar-refractivity contribution in [1.29, 1.82) is 0 Å². The lowest BCUT2D eigenvalue weighted by Gasteiger charge is -2.21. The van der Waals surface area contributed by atoms with Crippen LogP contribution < -0.4 is 10.6 Å². The van der Waals surface area contributed by atoms with Gasteiger partial charge in [-0.05, 0) is 44.8 Å². The molecule has 0 fully saturated rings. The van der Waals surface area contributed by atoms with Gasteiger partial charge in [-0.3, -0.25) is 9.59 Å². The van der Waals surface area contributed by atoms with Crippen LogP contribution in [0.15, 0.2) is 121 Å². The summed E-state index contributed by atoms with van der Waals surface area (Å²) in [6.07, 6.45) is 0. The molecule has 230 valence electrons. The third-order valence-corrected chi connectivity index (χ3v) is 8.16. The van der Waals surface area contributed by atoms with Crippen molar-refractivity contribution in [2.45, 2.75) is 12.1 Å². The summed E-state index contributed by atoms with van der Waals surface area (Å²) in [6.45, 7) is -0.727. The Bertz CT molecular complexity index is 1900. The molecule has 6 rings (SSSR count). The number of hydrogen-bond acceptors (Lipinski definition) is 6. The number of amides is 2. The number of aliphatic hydroxyl groups is 2. The quantitative estimate of drug-likeness (QED) is 0.118. The van der Waals surface area contributed by atoms with Crippen molar-refractivity contribution >= 4 is 33.4 Å². The normalized spacial score (nSPS) is 12.5. The van der Waals surface area contributed by atoms with E-state index in [4.69, 9.17) is 0 Å². The van der Waals surface area contributed by atoms with Gasteiger partial charge in [0, 0.05) is 11.1 Å². The Labute approximate surface area is 265 Å². The topological polar surface area (TPSA) is 139 Å². The number of benzene rings is 6. The van der Waals surface area contributed by atoms with Crippen LogP contribution in [0.4, 0.5) is 0 Å². The highest BCUT2D eigenvalue weighted by Crippen LogP contribution is 2.47. The van der Waals surface area contributed by atoms with Crippen molar-refractivity contribution in [3.05, 3.63) is 144 Å². The summed E-state index contributed by atoms with van der Waals surface area (Å²) >= 11 is 0. The van der Waals surface area contributed by atoms with Gasteiger partial charge in [-0.2, -0.15) is 0 Å². The highest BCUT2D eigenvalue weighted by atomic mass is 16.3. The van der Waals surface area contributed by atoms with E-state index in [-0.39, 0.29) is 35.5 Å². The molecule has 6 N–H and O–H groups in total. The summed E-state index contributed by atoms with van der Waals surface area (Å²) in [5.41, 5.74) is 1.61. The van der Waals surface area contributed by atoms with Crippen molar-refractivity contribution in [2.24, 2.45) is 0 Å². The third-order valence-electron chi connectivity index (χ3n) is 8.16. The van der Waals surface area contributed by atoms with E-state index in [1.165, 1.54) is 0 Å². The predicted molar refractivity (Wildman–Crippen MR) is 178 cm³/mol. The molecule has 0 spiro atoms. The Morgan fingerprint density at radius 3 is 1.24 bits per heavy atom. The molecule has 0 saturated carbocycles. The smallest absolute Gasteiger partial charge is 0.255 e. The highest BCUT2D eigenvalue weighted by molar-refractivity contribution is 6.16. The van der Waals surface area contributed by atoms with Crippen LogP contribution in [0.3, 0.4) is 0 Å². The number of nitrogens with one attached hydrogen (secondary N) is 2. The fourth-order valence-electron chi connectivity index (χ4n) is 5.84. The molecule has 46 heavy (non-hydrogen) atoms. The summed E-state index contributed by atoms with van der Waals surface area (Å²) in [7, 11) is 0. The number of aliphatic hydroxyl groups excluding tert-OH is 2. The van der Waals surface area contributed by atoms with Gasteiger partial charge in [0.05, 0.1) is 36.4 Å². The van der Waals surface area contributed by atoms with E-state index < -0.39 is 35.4 Å². The second kappa shape index (κ2) is 13.1. The third kappa shape index (κ3) is 5.75. The van der Waals surface area contributed by atoms with E-state index in [0.717, 1.165) is 0 Å². The molecule has 0 aliphatic carbocycles. The maximum Gasteiger partial charge on any atom is 0.255 e. The molecule has 0 radical (unpaired) electrons. The molecular formula is C38H32N2O6. The monoisotopic (exact) mass is 612 g/mol. The molecule has 0 bridgehead atoms. The lowest BCUT2D eigenvalue weighted by molar-refractivity contribution is 0.0906. The van der Waals surface area contributed by atoms with Crippen molar-refractivity contribution in [3.63, 3.8) is 0 Å². The molecule has 2 atom stereocenters. The van der Waals surface area contributed by atoms with Crippen LogP contribution in [0.5, 0.6) is 11.5 Å². The van der Waals surface area contributed by atoms with E-state index in [0.29, 0.717) is 32.7 Å². The van der Waals surface area contributed by atoms with Gasteiger partial charge >= 0.3 is 0 Å². The zero-order valence-electron chi connectivity index (χ0n) is 24.7. The highest BCUT2D eigenvalue weighted by Gasteiger charge is 2.27. The SMILES string of the molecule is O=C(NC(CO)c1ccccc1)c1cc2ccccc2c(-c2c(O)c(C(=O)NC(CO)c3ccccc3)cc3ccccc23)c1O. The summed E-state index contributed by atoms with van der Waals surface area (Å²) in [5, 5.41) is 51.8. The average Bonchev–Trinajstić information content (AvgIpc) is 3.10. The molecule has 8 heteroatoms. The summed E-state index contributed by atoms with van der Waals surface area (Å²) in [5.74, 6) is -2.04. The van der Waals surface area contributed by atoms with Crippen molar-refractivity contribution in [2.75, 3.05) is 13.2 Å². The first-order valence-electron chi connectivity index (χ1n) is 14.8. The molecular weight excluding hydrogens is 580 g/mol. The minimum Gasteiger partial charge on any atom is -0.506 e. The predicted octanol–water partition coefficient (Wildman–Crippen LogP) is 6.00. The fourth-order valence-corrected chi connectivity index (χ4v) is 5.84. The maximum atomic E-state index is 13.7. The zero-order chi connectivity index (χ0) is 32.2. The van der Waals surface area contributed by atoms with E-state index in [9.17, 15) is 30.0 Å². The van der Waals surface area contributed by atoms with Crippen LogP contribution >= 0.6 is 0 Å². The lowest BCUT2D eigenvalue weighted by Crippen LogP contribution is -2.31. The van der Waals surface area contributed by atoms with Gasteiger partial charge in [-0.25, -0.2) is 0 Å². The lowest BCUT2D eigenvalue weighted by atomic mass is 9.88. The molecule has 0 aliphatic rings. The molecule has 6 aromatic rings. The maximum absolute atomic E-state index is 13.7. The van der Waals surface area contributed by atoms with Crippen LogP contribution in [-0.4, -0.2) is 45.5 Å². The van der Waals surface area contributed by atoms with E-state index in [2.05, 4.69) is 10.6 Å². The van der Waals surface area contributed by atoms with Crippen molar-refractivity contribution in [3.8, 4) is 22.6 Å². The largest absolute Gasteiger partial charge is 0.506 e. The molecule has 2 amide bonds. The number of phenolic OH excluding ortho intramolecular Hbond substituents is 2. The van der Waals surface area contributed by atoms with E-state index >= 15 is 0 Å². The minimum absolute atomic E-state index is 0.0640. The molecule has 0 heterocycles. The van der Waals surface area contributed by atoms with Crippen molar-refractivity contribution in [1.82, 2.24) is 10.6 Å². The Morgan fingerprint density at radius 2 is 0.870 bits per heavy atom. The zero-order valence-corrected chi connectivity index (χ0v) is 24.7. The first-order valence-corrected chi connectivity index (χ1v) is 14.8. The van der Waals surface area contributed by atoms with Crippen LogP contribution in [0.2, 0.25) is 0 Å². The molecule has 8 nitrogen and oxygen atoms in total. The van der Waals surface area contributed by atoms with Crippen LogP contribution in [0, 0.1) is 0 Å². The molecule has 0 aromatic heterocycles. The van der Waals surface area contributed by atoms with E-state index in [1.54, 1.807) is 109 Å². The average molecular weight is 613 g/mol. The van der Waals surface area contributed by atoms with E-state index in [1.807, 2.05) is 12.1 Å². The first kappa shape index (κ1) is 30.3. The van der Waals surface area contributed by atoms with Crippen LogP contribution in [-0.2, 0) is 0 Å². The van der Waals surface area contributed by atoms with Crippen molar-refractivity contribution < 1.29 is 30.0 Å². The molecule has 2 unspecified atom stereocenters. The van der Waals surface area contributed by atoms with Gasteiger partial charge in [0.15, 0.2) is 0 Å². The number of rotatable bonds is 9. The van der Waals surface area contributed by atoms with Gasteiger partial charge in [0.25, 0.3) is 11.8 Å². The number of hydrogen-bond donors (Lipinski definition) is 6. The second-order valence-electron chi connectivity index (χ2n) is 11.0. The summed E-state index contributed by atoms with van der Waals surface area (Å²) in [6, 6.07) is 33.9. The first-order chi connectivity index (χ1) is 22.4. The number of aromatic hydroxyl groups is 2. The van der Waals surface area contributed by atoms with Gasteiger partial charge in [-0.15, -0.1) is 0 Å². The van der Waals surface area contributed by atoms with Gasteiger partial charge in [0.1, 0.15) is 11.5 Å². The second-order valence-corrected chi connectivity index (χ2v) is 11.0. The van der Waals surface area contributed by atoms with Gasteiger partial charge in [0.2, 0.25) is 0 Å². The summed E-state index contributed by atoms with van der Waals surface area (Å²) in [4.78, 5) is 27.4. The molecule has 0 saturated heterocycles. The summed E-state index contributed by atoms with van der Waals surface area (Å²) < 4.78 is 0. The Kier molecular flexibility index (Phi) is 8.65. The molecule has 6 aromatic carbocycles.